The van der Waals surface area contributed by atoms with E-state index in [1.165, 1.54) is 0 Å². The van der Waals surface area contributed by atoms with Crippen LogP contribution in [0, 0.1) is 0 Å². The highest BCUT2D eigenvalue weighted by Crippen LogP contribution is 2.37. The fourth-order valence-corrected chi connectivity index (χ4v) is 3.01. The predicted molar refractivity (Wildman–Crippen MR) is 93.2 cm³/mol. The van der Waals surface area contributed by atoms with Crippen molar-refractivity contribution in [1.29, 1.82) is 0 Å². The molecule has 4 heteroatoms. The number of Topliss-reactive ketones (excluding diaryl/α,β-unsaturated/α-hetero) is 1. The number of carbonyl (C=O) groups excluding carboxylic acids is 1. The molecule has 0 bridgehead atoms. The number of hydrogen-bond donors (Lipinski definition) is 0. The lowest BCUT2D eigenvalue weighted by atomic mass is 9.86. The summed E-state index contributed by atoms with van der Waals surface area (Å²) >= 11 is 0. The second-order valence-corrected chi connectivity index (χ2v) is 5.60. The van der Waals surface area contributed by atoms with Crippen molar-refractivity contribution in [2.75, 3.05) is 21.3 Å². The van der Waals surface area contributed by atoms with E-state index in [4.69, 9.17) is 14.2 Å². The third-order valence-corrected chi connectivity index (χ3v) is 4.28. The zero-order valence-corrected chi connectivity index (χ0v) is 14.1. The van der Waals surface area contributed by atoms with Crippen LogP contribution in [0.1, 0.15) is 27.9 Å². The first-order chi connectivity index (χ1) is 11.7. The fourth-order valence-electron chi connectivity index (χ4n) is 3.01. The molecule has 24 heavy (non-hydrogen) atoms. The highest BCUT2D eigenvalue weighted by molar-refractivity contribution is 6.13. The topological polar surface area (TPSA) is 44.8 Å². The Morgan fingerprint density at radius 2 is 1.54 bits per heavy atom. The van der Waals surface area contributed by atoms with E-state index < -0.39 is 0 Å². The Balaban J connectivity index is 2.04. The second kappa shape index (κ2) is 6.79. The first-order valence-electron chi connectivity index (χ1n) is 7.81. The Bertz CT molecular complexity index is 805. The average molecular weight is 324 g/mol. The maximum atomic E-state index is 12.7. The van der Waals surface area contributed by atoms with Gasteiger partial charge in [-0.25, -0.2) is 0 Å². The van der Waals surface area contributed by atoms with E-state index in [0.717, 1.165) is 28.7 Å². The zero-order chi connectivity index (χ0) is 17.1. The number of methoxy groups -OCH3 is 3. The summed E-state index contributed by atoms with van der Waals surface area (Å²) in [6, 6.07) is 11.4. The van der Waals surface area contributed by atoms with Crippen molar-refractivity contribution in [3.8, 4) is 17.2 Å². The summed E-state index contributed by atoms with van der Waals surface area (Å²) in [6.07, 6.45) is 3.47. The number of hydrogen-bond acceptors (Lipinski definition) is 4. The third kappa shape index (κ3) is 2.87. The first kappa shape index (κ1) is 16.1. The summed E-state index contributed by atoms with van der Waals surface area (Å²) in [5.41, 5.74) is 3.48. The van der Waals surface area contributed by atoms with Crippen LogP contribution < -0.4 is 14.2 Å². The summed E-state index contributed by atoms with van der Waals surface area (Å²) < 4.78 is 16.1. The Morgan fingerprint density at radius 3 is 2.25 bits per heavy atom. The van der Waals surface area contributed by atoms with Gasteiger partial charge in [0.05, 0.1) is 21.3 Å². The highest BCUT2D eigenvalue weighted by Gasteiger charge is 2.22. The molecule has 0 heterocycles. The summed E-state index contributed by atoms with van der Waals surface area (Å²) in [5.74, 6) is 1.92. The number of fused-ring (bicyclic) bond motifs is 1. The number of benzene rings is 2. The maximum absolute atomic E-state index is 12.7. The van der Waals surface area contributed by atoms with Gasteiger partial charge in [-0.3, -0.25) is 4.79 Å². The lowest BCUT2D eigenvalue weighted by Gasteiger charge is -2.18. The molecule has 2 aromatic carbocycles. The molecule has 1 aliphatic rings. The van der Waals surface area contributed by atoms with E-state index in [1.807, 2.05) is 36.4 Å². The van der Waals surface area contributed by atoms with Crippen LogP contribution in [0.5, 0.6) is 17.2 Å². The van der Waals surface area contributed by atoms with Crippen molar-refractivity contribution in [3.63, 3.8) is 0 Å². The van der Waals surface area contributed by atoms with Crippen LogP contribution in [-0.2, 0) is 6.42 Å². The molecule has 124 valence electrons. The standard InChI is InChI=1S/C20H20O4/c1-22-17-12-19(24-3)18(23-2)11-15(17)10-14-9-8-13-6-4-5-7-16(13)20(14)21/h4-7,10-12H,8-9H2,1-3H3/b14-10+. The van der Waals surface area contributed by atoms with Crippen molar-refractivity contribution in [2.45, 2.75) is 12.8 Å². The molecule has 0 amide bonds. The lowest BCUT2D eigenvalue weighted by Crippen LogP contribution is -2.13. The molecular weight excluding hydrogens is 304 g/mol. The number of carbonyl (C=O) groups is 1. The normalized spacial score (nSPS) is 15.1. The molecule has 0 N–H and O–H groups in total. The van der Waals surface area contributed by atoms with E-state index >= 15 is 0 Å². The Labute approximate surface area is 141 Å². The third-order valence-electron chi connectivity index (χ3n) is 4.28. The zero-order valence-electron chi connectivity index (χ0n) is 14.1. The highest BCUT2D eigenvalue weighted by atomic mass is 16.5. The van der Waals surface area contributed by atoms with Crippen molar-refractivity contribution in [2.24, 2.45) is 0 Å². The molecule has 1 aliphatic carbocycles. The van der Waals surface area contributed by atoms with E-state index in [1.54, 1.807) is 27.4 Å². The molecule has 0 unspecified atom stereocenters. The van der Waals surface area contributed by atoms with Gasteiger partial charge in [0.25, 0.3) is 0 Å². The summed E-state index contributed by atoms with van der Waals surface area (Å²) in [4.78, 5) is 12.7. The largest absolute Gasteiger partial charge is 0.496 e. The average Bonchev–Trinajstić information content (AvgIpc) is 2.63. The Kier molecular flexibility index (Phi) is 4.56. The number of ketones is 1. The van der Waals surface area contributed by atoms with Gasteiger partial charge in [0.15, 0.2) is 17.3 Å². The molecular formula is C20H20O4. The van der Waals surface area contributed by atoms with Gasteiger partial charge in [0.2, 0.25) is 0 Å². The number of aryl methyl sites for hydroxylation is 1. The molecule has 2 aromatic rings. The molecule has 0 fully saturated rings. The van der Waals surface area contributed by atoms with Gasteiger partial charge in [0.1, 0.15) is 5.75 Å². The molecule has 0 aliphatic heterocycles. The Morgan fingerprint density at radius 1 is 0.875 bits per heavy atom. The number of allylic oxidation sites excluding steroid dienone is 1. The molecule has 0 saturated carbocycles. The fraction of sp³-hybridized carbons (Fsp3) is 0.250. The van der Waals surface area contributed by atoms with Crippen LogP contribution in [-0.4, -0.2) is 27.1 Å². The van der Waals surface area contributed by atoms with Gasteiger partial charge in [-0.05, 0) is 30.5 Å². The number of rotatable bonds is 4. The summed E-state index contributed by atoms with van der Waals surface area (Å²) in [7, 11) is 4.77. The SMILES string of the molecule is COc1cc(OC)c(OC)cc1/C=C1\CCc2ccccc2C1=O. The quantitative estimate of drug-likeness (QED) is 0.800. The van der Waals surface area contributed by atoms with E-state index in [-0.39, 0.29) is 5.78 Å². The second-order valence-electron chi connectivity index (χ2n) is 5.60. The summed E-state index contributed by atoms with van der Waals surface area (Å²) in [5, 5.41) is 0. The minimum absolute atomic E-state index is 0.0775. The van der Waals surface area contributed by atoms with Gasteiger partial charge in [-0.2, -0.15) is 0 Å². The van der Waals surface area contributed by atoms with E-state index in [0.29, 0.717) is 23.7 Å². The van der Waals surface area contributed by atoms with Gasteiger partial charge >= 0.3 is 0 Å². The van der Waals surface area contributed by atoms with Gasteiger partial charge in [0, 0.05) is 22.8 Å². The Hall–Kier alpha value is -2.75. The lowest BCUT2D eigenvalue weighted by molar-refractivity contribution is 0.102. The van der Waals surface area contributed by atoms with Crippen molar-refractivity contribution >= 4 is 11.9 Å². The monoisotopic (exact) mass is 324 g/mol. The van der Waals surface area contributed by atoms with E-state index in [2.05, 4.69) is 0 Å². The molecule has 3 rings (SSSR count). The minimum Gasteiger partial charge on any atom is -0.496 e. The first-order valence-corrected chi connectivity index (χ1v) is 7.81. The van der Waals surface area contributed by atoms with Crippen molar-refractivity contribution in [1.82, 2.24) is 0 Å². The van der Waals surface area contributed by atoms with E-state index in [9.17, 15) is 4.79 Å². The van der Waals surface area contributed by atoms with Crippen molar-refractivity contribution in [3.05, 3.63) is 58.7 Å². The molecule has 0 spiro atoms. The summed E-state index contributed by atoms with van der Waals surface area (Å²) in [6.45, 7) is 0. The van der Waals surface area contributed by atoms with Crippen molar-refractivity contribution < 1.29 is 19.0 Å². The van der Waals surface area contributed by atoms with Crippen LogP contribution >= 0.6 is 0 Å². The van der Waals surface area contributed by atoms with Crippen LogP contribution in [0.3, 0.4) is 0 Å². The van der Waals surface area contributed by atoms with Crippen LogP contribution in [0.15, 0.2) is 42.0 Å². The smallest absolute Gasteiger partial charge is 0.189 e. The predicted octanol–water partition coefficient (Wildman–Crippen LogP) is 3.92. The van der Waals surface area contributed by atoms with Gasteiger partial charge < -0.3 is 14.2 Å². The molecule has 0 radical (unpaired) electrons. The molecule has 0 atom stereocenters. The van der Waals surface area contributed by atoms with Crippen LogP contribution in [0.4, 0.5) is 0 Å². The van der Waals surface area contributed by atoms with Crippen LogP contribution in [0.25, 0.3) is 6.08 Å². The molecule has 0 aromatic heterocycles. The minimum atomic E-state index is 0.0775. The van der Waals surface area contributed by atoms with Crippen LogP contribution in [0.2, 0.25) is 0 Å². The molecule has 0 saturated heterocycles. The van der Waals surface area contributed by atoms with Gasteiger partial charge in [-0.1, -0.05) is 24.3 Å². The maximum Gasteiger partial charge on any atom is 0.189 e. The molecule has 4 nitrogen and oxygen atoms in total. The number of ether oxygens (including phenoxy) is 3. The van der Waals surface area contributed by atoms with Gasteiger partial charge in [-0.15, -0.1) is 0 Å².